The number of aromatic amines is 2. The van der Waals surface area contributed by atoms with E-state index in [4.69, 9.17) is 28.7 Å². The molecule has 18 N–H and O–H groups in total. The zero-order valence-electron chi connectivity index (χ0n) is 45.3. The van der Waals surface area contributed by atoms with E-state index in [0.717, 1.165) is 27.2 Å². The highest BCUT2D eigenvalue weighted by molar-refractivity contribution is 5.99. The van der Waals surface area contributed by atoms with Gasteiger partial charge in [0.25, 0.3) is 0 Å². The Kier molecular flexibility index (Phi) is 22.8. The fourth-order valence-electron chi connectivity index (χ4n) is 9.88. The molecule has 5 aromatic rings. The number of rotatable bonds is 18. The largest absolute Gasteiger partial charge is 0.370 e. The average Bonchev–Trinajstić information content (AvgIpc) is 4.29. The van der Waals surface area contributed by atoms with Crippen LogP contribution >= 0.6 is 0 Å². The standard InChI is InChI=1S/C56H74N16O9/c1-32(73)68-43(19-10-22-65-56(60)61)52(79)72-46-28-49(76)63-20-7-6-18-42(50(57)77)69-51(78)36(23-37-29-66-41-17-5-4-16-40(37)41)26-47(74)35(14-9-21-64-55(58)59)25-48(75)44(24-34-13-8-12-33-11-2-3-15-39(33)34)70-53(80)45(71-54(46)81)27-38-30-62-31-67-38/h2-5,8,11-13,15-17,29-31,35-36,42-46,66H,6-7,9-10,14,18-28H2,1H3,(H2,57,77)(H,62,67)(H,63,76)(H,68,73)(H,69,78)(H,70,80)(H,71,81)(H,72,79)(H4,58,59,64)(H4,60,61,65)/t35-,36-,42+,43+,44-,45+,46+/m1/s1. The quantitative estimate of drug-likeness (QED) is 0.0311. The molecule has 0 spiro atoms. The number of ketones is 2. The topological polar surface area (TPSA) is 425 Å². The number of para-hydroxylation sites is 1. The number of H-pyrrole nitrogens is 2. The van der Waals surface area contributed by atoms with Crippen LogP contribution in [0.5, 0.6) is 0 Å². The zero-order chi connectivity index (χ0) is 58.4. The molecular weight excluding hydrogens is 1040 g/mol. The Bertz CT molecular complexity index is 3070. The predicted octanol–water partition coefficient (Wildman–Crippen LogP) is -0.0505. The van der Waals surface area contributed by atoms with Crippen LogP contribution < -0.4 is 60.6 Å². The maximum absolute atomic E-state index is 15.2. The summed E-state index contributed by atoms with van der Waals surface area (Å²) in [7, 11) is 0. The van der Waals surface area contributed by atoms with Gasteiger partial charge in [0.15, 0.2) is 17.7 Å². The third-order valence-corrected chi connectivity index (χ3v) is 14.1. The number of aliphatic imine (C=N–C) groups is 2. The van der Waals surface area contributed by atoms with Gasteiger partial charge in [-0.15, -0.1) is 0 Å². The van der Waals surface area contributed by atoms with E-state index in [2.05, 4.69) is 56.8 Å². The normalized spacial score (nSPS) is 20.7. The highest BCUT2D eigenvalue weighted by Gasteiger charge is 2.36. The summed E-state index contributed by atoms with van der Waals surface area (Å²) in [5, 5.41) is 18.7. The lowest BCUT2D eigenvalue weighted by Gasteiger charge is -2.27. The number of aromatic nitrogens is 3. The van der Waals surface area contributed by atoms with Crippen LogP contribution in [0.3, 0.4) is 0 Å². The van der Waals surface area contributed by atoms with E-state index >= 15 is 4.79 Å². The summed E-state index contributed by atoms with van der Waals surface area (Å²) < 4.78 is 0. The second-order valence-electron chi connectivity index (χ2n) is 20.3. The minimum atomic E-state index is -1.64. The predicted molar refractivity (Wildman–Crippen MR) is 304 cm³/mol. The zero-order valence-corrected chi connectivity index (χ0v) is 45.3. The first kappa shape index (κ1) is 61.1. The summed E-state index contributed by atoms with van der Waals surface area (Å²) in [5.74, 6) is -8.79. The van der Waals surface area contributed by atoms with Crippen LogP contribution in [0, 0.1) is 11.8 Å². The maximum atomic E-state index is 15.2. The lowest BCUT2D eigenvalue weighted by atomic mass is 9.83. The number of carbonyl (C=O) groups is 9. The summed E-state index contributed by atoms with van der Waals surface area (Å²) in [6, 6.07) is 13.6. The molecule has 2 aromatic heterocycles. The molecule has 0 bridgehead atoms. The number of carbonyl (C=O) groups excluding carboxylic acids is 9. The van der Waals surface area contributed by atoms with Crippen molar-refractivity contribution in [3.63, 3.8) is 0 Å². The van der Waals surface area contributed by atoms with Gasteiger partial charge in [0.05, 0.1) is 18.8 Å². The number of guanidine groups is 2. The number of primary amides is 1. The summed E-state index contributed by atoms with van der Waals surface area (Å²) in [6.45, 7) is 1.45. The van der Waals surface area contributed by atoms with Crippen molar-refractivity contribution in [2.75, 3.05) is 19.6 Å². The Labute approximate surface area is 468 Å². The van der Waals surface area contributed by atoms with Crippen molar-refractivity contribution in [1.29, 1.82) is 0 Å². The van der Waals surface area contributed by atoms with Gasteiger partial charge in [-0.2, -0.15) is 0 Å². The van der Waals surface area contributed by atoms with Crippen LogP contribution in [-0.4, -0.2) is 130 Å². The summed E-state index contributed by atoms with van der Waals surface area (Å²) in [4.78, 5) is 146. The Morgan fingerprint density at radius 1 is 0.691 bits per heavy atom. The monoisotopic (exact) mass is 1110 g/mol. The first-order valence-corrected chi connectivity index (χ1v) is 27.0. The minimum Gasteiger partial charge on any atom is -0.370 e. The van der Waals surface area contributed by atoms with Gasteiger partial charge in [0, 0.05) is 93.1 Å². The van der Waals surface area contributed by atoms with Gasteiger partial charge in [-0.25, -0.2) is 4.98 Å². The van der Waals surface area contributed by atoms with E-state index in [1.165, 1.54) is 19.4 Å². The van der Waals surface area contributed by atoms with Crippen molar-refractivity contribution in [3.05, 3.63) is 102 Å². The van der Waals surface area contributed by atoms with Crippen molar-refractivity contribution >= 4 is 86.5 Å². The molecule has 1 fully saturated rings. The molecule has 3 aromatic carbocycles. The van der Waals surface area contributed by atoms with Crippen LogP contribution in [0.15, 0.2) is 95.4 Å². The van der Waals surface area contributed by atoms with Crippen molar-refractivity contribution in [1.82, 2.24) is 46.9 Å². The third kappa shape index (κ3) is 19.0. The lowest BCUT2D eigenvalue weighted by Crippen LogP contribution is -2.59. The first-order valence-electron chi connectivity index (χ1n) is 27.0. The number of nitrogens with zero attached hydrogens (tertiary/aromatic N) is 3. The Morgan fingerprint density at radius 2 is 1.38 bits per heavy atom. The molecule has 25 heteroatoms. The van der Waals surface area contributed by atoms with Gasteiger partial charge in [-0.3, -0.25) is 53.1 Å². The molecule has 0 radical (unpaired) electrons. The Morgan fingerprint density at radius 3 is 2.10 bits per heavy atom. The van der Waals surface area contributed by atoms with E-state index in [0.29, 0.717) is 11.3 Å². The smallest absolute Gasteiger partial charge is 0.243 e. The molecule has 432 valence electrons. The highest BCUT2D eigenvalue weighted by atomic mass is 16.2. The molecule has 25 nitrogen and oxygen atoms in total. The molecule has 1 saturated heterocycles. The van der Waals surface area contributed by atoms with Gasteiger partial charge in [0.1, 0.15) is 30.0 Å². The van der Waals surface area contributed by atoms with Crippen molar-refractivity contribution < 1.29 is 43.2 Å². The molecule has 7 atom stereocenters. The molecular formula is C56H74N16O9. The van der Waals surface area contributed by atoms with Gasteiger partial charge in [0.2, 0.25) is 41.4 Å². The number of Topliss-reactive ketones (excluding diaryl/α,β-unsaturated/α-hetero) is 2. The lowest BCUT2D eigenvalue weighted by molar-refractivity contribution is -0.136. The number of amides is 7. The van der Waals surface area contributed by atoms with Crippen LogP contribution in [0.25, 0.3) is 21.7 Å². The summed E-state index contributed by atoms with van der Waals surface area (Å²) in [6.07, 6.45) is 4.13. The SMILES string of the molecule is CC(=O)N[C@@H](CCCN=C(N)N)C(=O)N[C@H]1CC(=O)NCCCC[C@@H](C(N)=O)NC(=O)[C@H](Cc2c[nH]c3ccccc23)CC(=O)[C@H](CCCN=C(N)N)CC(=O)[C@@H](Cc2cccc3ccccc23)NC(=O)[C@H](Cc2cnc[nH]2)NC1=O. The van der Waals surface area contributed by atoms with E-state index in [9.17, 15) is 38.4 Å². The van der Waals surface area contributed by atoms with Crippen LogP contribution in [0.4, 0.5) is 0 Å². The number of hydrogen-bond acceptors (Lipinski definition) is 12. The molecule has 7 amide bonds. The maximum Gasteiger partial charge on any atom is 0.243 e. The molecule has 1 aliphatic rings. The number of fused-ring (bicyclic) bond motifs is 2. The minimum absolute atomic E-state index is 0.0269. The van der Waals surface area contributed by atoms with E-state index in [1.807, 2.05) is 66.7 Å². The second-order valence-corrected chi connectivity index (χ2v) is 20.3. The first-order chi connectivity index (χ1) is 38.8. The number of nitrogens with two attached hydrogens (primary N) is 5. The van der Waals surface area contributed by atoms with Crippen molar-refractivity contribution in [2.45, 2.75) is 121 Å². The molecule has 0 aliphatic carbocycles. The number of hydrogen-bond donors (Lipinski definition) is 13. The van der Waals surface area contributed by atoms with Gasteiger partial charge in [-0.05, 0) is 79.3 Å². The fourth-order valence-corrected chi connectivity index (χ4v) is 9.88. The van der Waals surface area contributed by atoms with E-state index < -0.39 is 108 Å². The van der Waals surface area contributed by atoms with Crippen LogP contribution in [0.1, 0.15) is 88.0 Å². The summed E-state index contributed by atoms with van der Waals surface area (Å²) in [5.41, 5.74) is 30.7. The summed E-state index contributed by atoms with van der Waals surface area (Å²) >= 11 is 0. The van der Waals surface area contributed by atoms with Crippen LogP contribution in [-0.2, 0) is 62.4 Å². The number of imidazole rings is 1. The molecule has 3 heterocycles. The van der Waals surface area contributed by atoms with Crippen LogP contribution in [0.2, 0.25) is 0 Å². The van der Waals surface area contributed by atoms with Gasteiger partial charge >= 0.3 is 0 Å². The Balaban J connectivity index is 1.41. The van der Waals surface area contributed by atoms with Gasteiger partial charge in [-0.1, -0.05) is 60.7 Å². The third-order valence-electron chi connectivity index (χ3n) is 14.1. The second kappa shape index (κ2) is 30.3. The fraction of sp³-hybridized carbons (Fsp3) is 0.429. The molecule has 0 saturated carbocycles. The van der Waals surface area contributed by atoms with Gasteiger partial charge < -0.3 is 70.5 Å². The number of benzene rings is 3. The average molecular weight is 1120 g/mol. The molecule has 1 aliphatic heterocycles. The molecule has 81 heavy (non-hydrogen) atoms. The van der Waals surface area contributed by atoms with Crippen molar-refractivity contribution in [2.24, 2.45) is 50.5 Å². The molecule has 6 rings (SSSR count). The number of nitrogens with one attached hydrogen (secondary N) is 8. The highest BCUT2D eigenvalue weighted by Crippen LogP contribution is 2.27. The van der Waals surface area contributed by atoms with E-state index in [1.54, 1.807) is 6.20 Å². The molecule has 0 unspecified atom stereocenters. The van der Waals surface area contributed by atoms with E-state index in [-0.39, 0.29) is 102 Å². The Hall–Kier alpha value is -9.16. The van der Waals surface area contributed by atoms with Crippen molar-refractivity contribution in [3.8, 4) is 0 Å².